The predicted molar refractivity (Wildman–Crippen MR) is 78.5 cm³/mol. The minimum Gasteiger partial charge on any atom is -0.280 e. The maximum Gasteiger partial charge on any atom is 0.128 e. The van der Waals surface area contributed by atoms with E-state index in [9.17, 15) is 0 Å². The van der Waals surface area contributed by atoms with Crippen LogP contribution < -0.4 is 0 Å². The second kappa shape index (κ2) is 8.14. The van der Waals surface area contributed by atoms with Crippen LogP contribution in [0.4, 0.5) is 0 Å². The molecule has 16 heavy (non-hydrogen) atoms. The topological polar surface area (TPSA) is 18.8 Å². The van der Waals surface area contributed by atoms with Crippen molar-refractivity contribution in [3.8, 4) is 0 Å². The van der Waals surface area contributed by atoms with E-state index < -0.39 is 0 Å². The Morgan fingerprint density at radius 2 is 1.88 bits per heavy atom. The van der Waals surface area contributed by atoms with E-state index in [-0.39, 0.29) is 0 Å². The smallest absolute Gasteiger partial charge is 0.128 e. The fraction of sp³-hybridized carbons (Fsp3) is 0.917. The summed E-state index contributed by atoms with van der Waals surface area (Å²) in [6.07, 6.45) is 11.5. The highest BCUT2D eigenvalue weighted by Gasteiger charge is 2.24. The molecule has 0 spiro atoms. The zero-order valence-corrected chi connectivity index (χ0v) is 12.7. The molecule has 1 heterocycles. The molecular formula is C12H24IN3. The van der Waals surface area contributed by atoms with Crippen molar-refractivity contribution in [2.45, 2.75) is 65.0 Å². The summed E-state index contributed by atoms with van der Waals surface area (Å²) in [6.45, 7) is 5.62. The van der Waals surface area contributed by atoms with Gasteiger partial charge >= 0.3 is 0 Å². The van der Waals surface area contributed by atoms with Crippen LogP contribution in [0, 0.1) is 0 Å². The number of unbranched alkanes of at least 4 members (excludes halogenated alkanes) is 4. The van der Waals surface area contributed by atoms with E-state index in [0.29, 0.717) is 6.17 Å². The zero-order valence-electron chi connectivity index (χ0n) is 10.5. The Morgan fingerprint density at radius 3 is 2.56 bits per heavy atom. The lowest BCUT2D eigenvalue weighted by molar-refractivity contribution is 0.170. The minimum absolute atomic E-state index is 0.502. The Balaban J connectivity index is 2.24. The van der Waals surface area contributed by atoms with Gasteiger partial charge in [0.05, 0.1) is 22.9 Å². The maximum atomic E-state index is 4.48. The van der Waals surface area contributed by atoms with Crippen LogP contribution >= 0.6 is 22.9 Å². The van der Waals surface area contributed by atoms with Gasteiger partial charge in [-0.25, -0.2) is 0 Å². The van der Waals surface area contributed by atoms with Gasteiger partial charge in [-0.1, -0.05) is 39.5 Å². The molecule has 0 saturated heterocycles. The van der Waals surface area contributed by atoms with Crippen LogP contribution in [0.1, 0.15) is 58.8 Å². The molecule has 0 amide bonds. The van der Waals surface area contributed by atoms with E-state index in [1.807, 2.05) is 6.34 Å². The summed E-state index contributed by atoms with van der Waals surface area (Å²) < 4.78 is 2.22. The molecule has 0 fully saturated rings. The number of rotatable bonds is 8. The first kappa shape index (κ1) is 14.1. The first-order valence-corrected chi connectivity index (χ1v) is 7.51. The summed E-state index contributed by atoms with van der Waals surface area (Å²) in [7, 11) is 0. The summed E-state index contributed by atoms with van der Waals surface area (Å²) in [4.78, 5) is 0. The SMILES string of the molecule is CCCCCCN1N=CN(I)C1CCCC. The standard InChI is InChI=1S/C12H24IN3/c1-3-5-7-8-10-16-12(9-6-4-2)15(13)11-14-16/h11-12H,3-10H2,1-2H3. The van der Waals surface area contributed by atoms with Gasteiger partial charge in [-0.2, -0.15) is 5.10 Å². The van der Waals surface area contributed by atoms with E-state index >= 15 is 0 Å². The largest absolute Gasteiger partial charge is 0.280 e. The molecule has 1 rings (SSSR count). The third-order valence-corrected chi connectivity index (χ3v) is 3.89. The molecule has 0 bridgehead atoms. The van der Waals surface area contributed by atoms with Crippen molar-refractivity contribution >= 4 is 29.2 Å². The van der Waals surface area contributed by atoms with Gasteiger partial charge in [-0.05, 0) is 19.3 Å². The van der Waals surface area contributed by atoms with E-state index in [4.69, 9.17) is 0 Å². The lowest BCUT2D eigenvalue weighted by atomic mass is 10.2. The number of hydrogen-bond donors (Lipinski definition) is 0. The number of hydrogen-bond acceptors (Lipinski definition) is 3. The molecule has 1 aliphatic rings. The summed E-state index contributed by atoms with van der Waals surface area (Å²) in [5.41, 5.74) is 0. The minimum atomic E-state index is 0.502. The normalized spacial score (nSPS) is 19.8. The van der Waals surface area contributed by atoms with Gasteiger partial charge in [0.25, 0.3) is 0 Å². The first-order chi connectivity index (χ1) is 7.79. The van der Waals surface area contributed by atoms with Crippen LogP contribution in [0.25, 0.3) is 0 Å². The van der Waals surface area contributed by atoms with Crippen LogP contribution in [0.2, 0.25) is 0 Å². The molecule has 4 heteroatoms. The molecule has 0 N–H and O–H groups in total. The van der Waals surface area contributed by atoms with Crippen molar-refractivity contribution in [2.24, 2.45) is 5.10 Å². The van der Waals surface area contributed by atoms with Crippen molar-refractivity contribution in [1.82, 2.24) is 8.12 Å². The zero-order chi connectivity index (χ0) is 11.8. The molecule has 0 aromatic carbocycles. The van der Waals surface area contributed by atoms with Crippen LogP contribution in [0.3, 0.4) is 0 Å². The van der Waals surface area contributed by atoms with E-state index in [1.54, 1.807) is 0 Å². The Kier molecular flexibility index (Phi) is 7.16. The van der Waals surface area contributed by atoms with Crippen LogP contribution in [-0.2, 0) is 0 Å². The van der Waals surface area contributed by atoms with E-state index in [0.717, 1.165) is 6.54 Å². The highest BCUT2D eigenvalue weighted by molar-refractivity contribution is 14.1. The van der Waals surface area contributed by atoms with Gasteiger partial charge in [0.2, 0.25) is 0 Å². The first-order valence-electron chi connectivity index (χ1n) is 6.54. The molecule has 0 aromatic heterocycles. The summed E-state index contributed by atoms with van der Waals surface area (Å²) in [5.74, 6) is 0. The lowest BCUT2D eigenvalue weighted by Gasteiger charge is -2.26. The van der Waals surface area contributed by atoms with Crippen molar-refractivity contribution in [3.05, 3.63) is 0 Å². The monoisotopic (exact) mass is 337 g/mol. The Morgan fingerprint density at radius 1 is 1.12 bits per heavy atom. The van der Waals surface area contributed by atoms with Crippen LogP contribution in [-0.4, -0.2) is 27.2 Å². The number of hydrazone groups is 1. The molecule has 0 aromatic rings. The quantitative estimate of drug-likeness (QED) is 0.379. The molecule has 94 valence electrons. The molecule has 1 aliphatic heterocycles. The molecular weight excluding hydrogens is 313 g/mol. The predicted octanol–water partition coefficient (Wildman–Crippen LogP) is 3.99. The molecule has 0 saturated carbocycles. The van der Waals surface area contributed by atoms with Crippen molar-refractivity contribution in [3.63, 3.8) is 0 Å². The summed E-state index contributed by atoms with van der Waals surface area (Å²) in [5, 5.41) is 6.74. The maximum absolute atomic E-state index is 4.48. The van der Waals surface area contributed by atoms with Gasteiger partial charge in [-0.15, -0.1) is 0 Å². The van der Waals surface area contributed by atoms with Gasteiger partial charge in [0.15, 0.2) is 0 Å². The molecule has 0 aliphatic carbocycles. The average Bonchev–Trinajstić information content (AvgIpc) is 2.63. The Hall–Kier alpha value is 0. The van der Waals surface area contributed by atoms with E-state index in [1.165, 1.54) is 44.9 Å². The summed E-state index contributed by atoms with van der Waals surface area (Å²) >= 11 is 2.36. The van der Waals surface area contributed by atoms with Gasteiger partial charge in [-0.3, -0.25) is 8.12 Å². The second-order valence-electron chi connectivity index (χ2n) is 4.42. The van der Waals surface area contributed by atoms with Gasteiger partial charge < -0.3 is 0 Å². The van der Waals surface area contributed by atoms with Crippen molar-refractivity contribution in [1.29, 1.82) is 0 Å². The third-order valence-electron chi connectivity index (χ3n) is 3.00. The Bertz CT molecular complexity index is 208. The van der Waals surface area contributed by atoms with Gasteiger partial charge in [0, 0.05) is 6.54 Å². The highest BCUT2D eigenvalue weighted by Crippen LogP contribution is 2.22. The molecule has 0 radical (unpaired) electrons. The number of halogens is 1. The van der Waals surface area contributed by atoms with Crippen molar-refractivity contribution < 1.29 is 0 Å². The number of nitrogens with zero attached hydrogens (tertiary/aromatic N) is 3. The highest BCUT2D eigenvalue weighted by atomic mass is 127. The van der Waals surface area contributed by atoms with Crippen LogP contribution in [0.5, 0.6) is 0 Å². The summed E-state index contributed by atoms with van der Waals surface area (Å²) in [6, 6.07) is 0. The van der Waals surface area contributed by atoms with Crippen LogP contribution in [0.15, 0.2) is 5.10 Å². The second-order valence-corrected chi connectivity index (χ2v) is 5.54. The fourth-order valence-corrected chi connectivity index (χ4v) is 2.64. The average molecular weight is 337 g/mol. The third kappa shape index (κ3) is 4.47. The lowest BCUT2D eigenvalue weighted by Crippen LogP contribution is -2.34. The Labute approximate surface area is 114 Å². The fourth-order valence-electron chi connectivity index (χ4n) is 1.96. The molecule has 1 atom stereocenters. The van der Waals surface area contributed by atoms with Gasteiger partial charge in [0.1, 0.15) is 12.5 Å². The molecule has 1 unspecified atom stereocenters. The van der Waals surface area contributed by atoms with Crippen molar-refractivity contribution in [2.75, 3.05) is 6.54 Å². The molecule has 3 nitrogen and oxygen atoms in total. The van der Waals surface area contributed by atoms with E-state index in [2.05, 4.69) is 49.9 Å².